The van der Waals surface area contributed by atoms with Gasteiger partial charge in [-0.05, 0) is 6.42 Å². The fraction of sp³-hybridized carbons (Fsp3) is 0.750. The predicted octanol–water partition coefficient (Wildman–Crippen LogP) is 1.63. The standard InChI is InChI=1S/C4H7ClO.ClH/c5-3-1-2-4-6;/h4H,1-3H2;1H. The van der Waals surface area contributed by atoms with E-state index in [2.05, 4.69) is 0 Å². The van der Waals surface area contributed by atoms with E-state index in [4.69, 9.17) is 11.6 Å². The molecule has 0 radical (unpaired) electrons. The van der Waals surface area contributed by atoms with E-state index in [1.165, 1.54) is 0 Å². The molecular formula is C4H8Cl2O. The number of rotatable bonds is 3. The summed E-state index contributed by atoms with van der Waals surface area (Å²) in [4.78, 5) is 9.51. The SMILES string of the molecule is Cl.O=CCCCCl. The zero-order valence-electron chi connectivity index (χ0n) is 3.89. The maximum Gasteiger partial charge on any atom is 0.120 e. The van der Waals surface area contributed by atoms with Gasteiger partial charge in [-0.25, -0.2) is 0 Å². The Morgan fingerprint density at radius 1 is 1.57 bits per heavy atom. The minimum absolute atomic E-state index is 0. The van der Waals surface area contributed by atoms with Gasteiger partial charge in [0.05, 0.1) is 0 Å². The van der Waals surface area contributed by atoms with Crippen molar-refractivity contribution in [1.82, 2.24) is 0 Å². The van der Waals surface area contributed by atoms with Gasteiger partial charge in [0.15, 0.2) is 0 Å². The number of hydrogen-bond donors (Lipinski definition) is 0. The highest BCUT2D eigenvalue weighted by molar-refractivity contribution is 6.17. The van der Waals surface area contributed by atoms with Crippen LogP contribution in [-0.2, 0) is 4.79 Å². The van der Waals surface area contributed by atoms with Gasteiger partial charge in [0.25, 0.3) is 0 Å². The molecule has 0 aliphatic rings. The zero-order chi connectivity index (χ0) is 4.83. The zero-order valence-corrected chi connectivity index (χ0v) is 5.47. The summed E-state index contributed by atoms with van der Waals surface area (Å²) in [5.74, 6) is 0.596. The van der Waals surface area contributed by atoms with Gasteiger partial charge < -0.3 is 4.79 Å². The fourth-order valence-electron chi connectivity index (χ4n) is 0.160. The summed E-state index contributed by atoms with van der Waals surface area (Å²) in [7, 11) is 0. The number of hydrogen-bond acceptors (Lipinski definition) is 1. The quantitative estimate of drug-likeness (QED) is 0.333. The Balaban J connectivity index is 0. The number of aldehydes is 1. The molecule has 0 saturated heterocycles. The van der Waals surface area contributed by atoms with Crippen molar-refractivity contribution in [2.24, 2.45) is 0 Å². The second-order valence-corrected chi connectivity index (χ2v) is 1.38. The molecule has 3 heteroatoms. The summed E-state index contributed by atoms with van der Waals surface area (Å²) >= 11 is 5.22. The van der Waals surface area contributed by atoms with E-state index in [9.17, 15) is 4.79 Å². The van der Waals surface area contributed by atoms with E-state index in [0.29, 0.717) is 12.3 Å². The van der Waals surface area contributed by atoms with Crippen LogP contribution in [0.3, 0.4) is 0 Å². The molecule has 44 valence electrons. The van der Waals surface area contributed by atoms with Crippen molar-refractivity contribution in [3.63, 3.8) is 0 Å². The van der Waals surface area contributed by atoms with Crippen molar-refractivity contribution in [3.05, 3.63) is 0 Å². The van der Waals surface area contributed by atoms with E-state index in [1.54, 1.807) is 0 Å². The van der Waals surface area contributed by atoms with Gasteiger partial charge in [0.2, 0.25) is 0 Å². The molecule has 0 N–H and O–H groups in total. The Bertz CT molecular complexity index is 38.7. The Hall–Kier alpha value is 0.250. The lowest BCUT2D eigenvalue weighted by Crippen LogP contribution is -1.74. The van der Waals surface area contributed by atoms with Crippen molar-refractivity contribution in [3.8, 4) is 0 Å². The molecule has 0 spiro atoms. The molecule has 1 nitrogen and oxygen atoms in total. The highest BCUT2D eigenvalue weighted by Gasteiger charge is 1.76. The van der Waals surface area contributed by atoms with E-state index in [0.717, 1.165) is 12.7 Å². The molecule has 0 fully saturated rings. The van der Waals surface area contributed by atoms with Crippen molar-refractivity contribution >= 4 is 30.3 Å². The maximum absolute atomic E-state index is 9.51. The second-order valence-electron chi connectivity index (χ2n) is 0.998. The molecule has 0 rings (SSSR count). The average Bonchev–Trinajstić information content (AvgIpc) is 1.61. The fourth-order valence-corrected chi connectivity index (χ4v) is 0.315. The molecule has 0 bridgehead atoms. The minimum Gasteiger partial charge on any atom is -0.303 e. The van der Waals surface area contributed by atoms with Crippen LogP contribution in [0.5, 0.6) is 0 Å². The first-order valence-electron chi connectivity index (χ1n) is 1.91. The molecule has 0 saturated carbocycles. The number of carbonyl (C=O) groups excluding carboxylic acids is 1. The molecule has 0 aromatic carbocycles. The highest BCUT2D eigenvalue weighted by atomic mass is 35.5. The van der Waals surface area contributed by atoms with Gasteiger partial charge in [-0.2, -0.15) is 0 Å². The van der Waals surface area contributed by atoms with Crippen LogP contribution < -0.4 is 0 Å². The molecule has 7 heavy (non-hydrogen) atoms. The summed E-state index contributed by atoms with van der Waals surface area (Å²) in [5.41, 5.74) is 0. The average molecular weight is 143 g/mol. The summed E-state index contributed by atoms with van der Waals surface area (Å²) < 4.78 is 0. The number of unbranched alkanes of at least 4 members (excludes halogenated alkanes) is 1. The van der Waals surface area contributed by atoms with Crippen molar-refractivity contribution < 1.29 is 4.79 Å². The molecule has 0 aliphatic heterocycles. The lowest BCUT2D eigenvalue weighted by atomic mass is 10.4. The van der Waals surface area contributed by atoms with Crippen molar-refractivity contribution in [1.29, 1.82) is 0 Å². The Kier molecular flexibility index (Phi) is 14.0. The second kappa shape index (κ2) is 9.54. The topological polar surface area (TPSA) is 17.1 Å². The molecule has 0 atom stereocenters. The minimum atomic E-state index is 0. The van der Waals surface area contributed by atoms with Crippen LogP contribution in [0.2, 0.25) is 0 Å². The van der Waals surface area contributed by atoms with Crippen LogP contribution in [0.4, 0.5) is 0 Å². The number of carbonyl (C=O) groups is 1. The summed E-state index contributed by atoms with van der Waals surface area (Å²) in [6.45, 7) is 0. The third kappa shape index (κ3) is 10.7. The van der Waals surface area contributed by atoms with Gasteiger partial charge in [0, 0.05) is 12.3 Å². The van der Waals surface area contributed by atoms with Crippen molar-refractivity contribution in [2.75, 3.05) is 5.88 Å². The molecular weight excluding hydrogens is 135 g/mol. The van der Waals surface area contributed by atoms with Crippen molar-refractivity contribution in [2.45, 2.75) is 12.8 Å². The number of halogens is 2. The van der Waals surface area contributed by atoms with Crippen LogP contribution in [0.25, 0.3) is 0 Å². The molecule has 0 unspecified atom stereocenters. The lowest BCUT2D eigenvalue weighted by Gasteiger charge is -1.77. The lowest BCUT2D eigenvalue weighted by molar-refractivity contribution is -0.107. The molecule has 0 heterocycles. The van der Waals surface area contributed by atoms with Crippen LogP contribution in [-0.4, -0.2) is 12.2 Å². The van der Waals surface area contributed by atoms with Crippen LogP contribution >= 0.6 is 24.0 Å². The first kappa shape index (κ1) is 10.3. The van der Waals surface area contributed by atoms with E-state index in [1.807, 2.05) is 0 Å². The Labute approximate surface area is 54.5 Å². The smallest absolute Gasteiger partial charge is 0.120 e. The third-order valence-corrected chi connectivity index (χ3v) is 0.723. The predicted molar refractivity (Wildman–Crippen MR) is 33.3 cm³/mol. The summed E-state index contributed by atoms with van der Waals surface area (Å²) in [6.07, 6.45) is 2.29. The van der Waals surface area contributed by atoms with E-state index < -0.39 is 0 Å². The largest absolute Gasteiger partial charge is 0.303 e. The normalized spacial score (nSPS) is 7.00. The van der Waals surface area contributed by atoms with Gasteiger partial charge in [0.1, 0.15) is 6.29 Å². The molecule has 0 aromatic heterocycles. The molecule has 0 aliphatic carbocycles. The van der Waals surface area contributed by atoms with Crippen LogP contribution in [0, 0.1) is 0 Å². The van der Waals surface area contributed by atoms with Gasteiger partial charge >= 0.3 is 0 Å². The van der Waals surface area contributed by atoms with Gasteiger partial charge in [-0.15, -0.1) is 24.0 Å². The van der Waals surface area contributed by atoms with Gasteiger partial charge in [-0.1, -0.05) is 0 Å². The number of alkyl halides is 1. The monoisotopic (exact) mass is 142 g/mol. The maximum atomic E-state index is 9.51. The van der Waals surface area contributed by atoms with E-state index in [-0.39, 0.29) is 12.4 Å². The first-order chi connectivity index (χ1) is 2.91. The van der Waals surface area contributed by atoms with Crippen LogP contribution in [0.15, 0.2) is 0 Å². The van der Waals surface area contributed by atoms with Crippen LogP contribution in [0.1, 0.15) is 12.8 Å². The Morgan fingerprint density at radius 2 is 2.14 bits per heavy atom. The summed E-state index contributed by atoms with van der Waals surface area (Å²) in [5, 5.41) is 0. The molecule has 0 aromatic rings. The molecule has 0 amide bonds. The first-order valence-corrected chi connectivity index (χ1v) is 2.45. The summed E-state index contributed by atoms with van der Waals surface area (Å²) in [6, 6.07) is 0. The third-order valence-electron chi connectivity index (χ3n) is 0.456. The Morgan fingerprint density at radius 3 is 2.29 bits per heavy atom. The van der Waals surface area contributed by atoms with E-state index >= 15 is 0 Å². The highest BCUT2D eigenvalue weighted by Crippen LogP contribution is 1.85. The van der Waals surface area contributed by atoms with Gasteiger partial charge in [-0.3, -0.25) is 0 Å².